The number of nitrogens with zero attached hydrogens (tertiary/aromatic N) is 2. The van der Waals surface area contributed by atoms with Crippen molar-refractivity contribution in [3.8, 4) is 11.3 Å². The molecule has 2 heterocycles. The van der Waals surface area contributed by atoms with Gasteiger partial charge in [0, 0.05) is 36.2 Å². The fourth-order valence-corrected chi connectivity index (χ4v) is 4.87. The number of aromatic nitrogens is 4. The standard InChI is InChI=1S/C28H30F2N6O2/c29-28(30)9-7-19(8-10-28)27(38)34-16-26-32-13-23(35-26)6-2-18-1-3-21-12-22(5-4-20(21)11-18)24-14-33-25(36-24)15-31-17-37/h1,3-5,11-14,17,19H,2,6-10,15-16H2,(H,31,37)(H,32,35)(H,33,36)(H,34,38). The van der Waals surface area contributed by atoms with E-state index >= 15 is 0 Å². The third-order valence-corrected chi connectivity index (χ3v) is 7.08. The van der Waals surface area contributed by atoms with Crippen molar-refractivity contribution in [1.29, 1.82) is 0 Å². The molecule has 4 N–H and O–H groups in total. The Labute approximate surface area is 218 Å². The van der Waals surface area contributed by atoms with Crippen LogP contribution < -0.4 is 10.6 Å². The molecule has 1 fully saturated rings. The molecule has 38 heavy (non-hydrogen) atoms. The van der Waals surface area contributed by atoms with E-state index in [9.17, 15) is 18.4 Å². The van der Waals surface area contributed by atoms with Crippen molar-refractivity contribution in [1.82, 2.24) is 30.6 Å². The van der Waals surface area contributed by atoms with Gasteiger partial charge in [0.2, 0.25) is 18.2 Å². The summed E-state index contributed by atoms with van der Waals surface area (Å²) in [5.74, 6) is -1.81. The van der Waals surface area contributed by atoms with Crippen LogP contribution >= 0.6 is 0 Å². The fourth-order valence-electron chi connectivity index (χ4n) is 4.87. The minimum Gasteiger partial charge on any atom is -0.351 e. The first-order valence-electron chi connectivity index (χ1n) is 12.8. The highest BCUT2D eigenvalue weighted by atomic mass is 19.3. The largest absolute Gasteiger partial charge is 0.351 e. The van der Waals surface area contributed by atoms with E-state index in [1.807, 2.05) is 6.07 Å². The SMILES string of the molecule is O=CNCc1ncc(-c2ccc3cc(CCc4cnc(CNC(=O)C5CCC(F)(F)CC5)[nH]4)ccc3c2)[nH]1. The van der Waals surface area contributed by atoms with E-state index in [1.165, 1.54) is 5.56 Å². The van der Waals surface area contributed by atoms with Gasteiger partial charge < -0.3 is 20.6 Å². The van der Waals surface area contributed by atoms with E-state index in [4.69, 9.17) is 0 Å². The third kappa shape index (κ3) is 6.24. The minimum atomic E-state index is -2.64. The lowest BCUT2D eigenvalue weighted by Gasteiger charge is -2.27. The normalized spacial score (nSPS) is 15.4. The Kier molecular flexibility index (Phi) is 7.48. The van der Waals surface area contributed by atoms with Crippen molar-refractivity contribution in [3.63, 3.8) is 0 Å². The van der Waals surface area contributed by atoms with E-state index in [1.54, 1.807) is 12.4 Å². The van der Waals surface area contributed by atoms with Crippen LogP contribution in [0.2, 0.25) is 0 Å². The number of hydrogen-bond donors (Lipinski definition) is 4. The van der Waals surface area contributed by atoms with Crippen molar-refractivity contribution in [2.75, 3.05) is 0 Å². The van der Waals surface area contributed by atoms with E-state index < -0.39 is 5.92 Å². The number of hydrogen-bond acceptors (Lipinski definition) is 4. The predicted molar refractivity (Wildman–Crippen MR) is 139 cm³/mol. The van der Waals surface area contributed by atoms with Crippen LogP contribution in [-0.4, -0.2) is 38.2 Å². The molecule has 0 bridgehead atoms. The van der Waals surface area contributed by atoms with Crippen LogP contribution in [0.4, 0.5) is 8.78 Å². The topological polar surface area (TPSA) is 116 Å². The van der Waals surface area contributed by atoms with E-state index in [2.05, 4.69) is 60.9 Å². The molecule has 2 amide bonds. The number of aryl methyl sites for hydroxylation is 2. The quantitative estimate of drug-likeness (QED) is 0.232. The van der Waals surface area contributed by atoms with Gasteiger partial charge in [-0.3, -0.25) is 9.59 Å². The van der Waals surface area contributed by atoms with Gasteiger partial charge in [0.15, 0.2) is 0 Å². The average Bonchev–Trinajstić information content (AvgIpc) is 3.59. The lowest BCUT2D eigenvalue weighted by Crippen LogP contribution is -2.35. The third-order valence-electron chi connectivity index (χ3n) is 7.08. The molecule has 0 aliphatic heterocycles. The van der Waals surface area contributed by atoms with Crippen LogP contribution in [0, 0.1) is 5.92 Å². The highest BCUT2D eigenvalue weighted by molar-refractivity contribution is 5.87. The van der Waals surface area contributed by atoms with E-state index in [-0.39, 0.29) is 44.1 Å². The molecule has 1 aliphatic rings. The number of benzene rings is 2. The van der Waals surface area contributed by atoms with Crippen molar-refractivity contribution in [3.05, 3.63) is 71.7 Å². The van der Waals surface area contributed by atoms with Crippen LogP contribution in [0.1, 0.15) is 48.6 Å². The molecule has 4 aromatic rings. The molecule has 198 valence electrons. The Balaban J connectivity index is 1.13. The van der Waals surface area contributed by atoms with Crippen molar-refractivity contribution >= 4 is 23.1 Å². The maximum atomic E-state index is 13.3. The van der Waals surface area contributed by atoms with Gasteiger partial charge in [-0.05, 0) is 48.1 Å². The summed E-state index contributed by atoms with van der Waals surface area (Å²) in [7, 11) is 0. The Bertz CT molecular complexity index is 1420. The molecule has 0 atom stereocenters. The molecule has 10 heteroatoms. The summed E-state index contributed by atoms with van der Waals surface area (Å²) < 4.78 is 26.6. The van der Waals surface area contributed by atoms with Crippen LogP contribution in [0.3, 0.4) is 0 Å². The molecule has 1 saturated carbocycles. The fraction of sp³-hybridized carbons (Fsp3) is 0.357. The summed E-state index contributed by atoms with van der Waals surface area (Å²) in [6, 6.07) is 12.6. The summed E-state index contributed by atoms with van der Waals surface area (Å²) in [4.78, 5) is 37.9. The van der Waals surface area contributed by atoms with Crippen molar-refractivity contribution in [2.24, 2.45) is 5.92 Å². The second-order valence-electron chi connectivity index (χ2n) is 9.84. The molecule has 0 spiro atoms. The highest BCUT2D eigenvalue weighted by Gasteiger charge is 2.37. The van der Waals surface area contributed by atoms with Gasteiger partial charge in [0.25, 0.3) is 0 Å². The number of rotatable bonds is 10. The van der Waals surface area contributed by atoms with Gasteiger partial charge in [0.1, 0.15) is 11.6 Å². The minimum absolute atomic E-state index is 0.180. The zero-order valence-corrected chi connectivity index (χ0v) is 20.9. The highest BCUT2D eigenvalue weighted by Crippen LogP contribution is 2.36. The number of H-pyrrole nitrogens is 2. The van der Waals surface area contributed by atoms with Gasteiger partial charge in [-0.1, -0.05) is 30.3 Å². The second kappa shape index (κ2) is 11.1. The molecule has 2 aromatic heterocycles. The lowest BCUT2D eigenvalue weighted by molar-refractivity contribution is -0.129. The monoisotopic (exact) mass is 520 g/mol. The summed E-state index contributed by atoms with van der Waals surface area (Å²) in [6.45, 7) is 0.618. The summed E-state index contributed by atoms with van der Waals surface area (Å²) in [6.07, 6.45) is 5.78. The Morgan fingerprint density at radius 3 is 2.53 bits per heavy atom. The number of aromatic amines is 2. The molecule has 2 aromatic carbocycles. The van der Waals surface area contributed by atoms with Crippen LogP contribution in [0.5, 0.6) is 0 Å². The number of halogens is 2. The maximum absolute atomic E-state index is 13.3. The first-order chi connectivity index (χ1) is 18.4. The molecule has 0 saturated heterocycles. The number of imidazole rings is 2. The van der Waals surface area contributed by atoms with Gasteiger partial charge in [-0.2, -0.15) is 0 Å². The van der Waals surface area contributed by atoms with Gasteiger partial charge in [0.05, 0.1) is 25.0 Å². The van der Waals surface area contributed by atoms with Gasteiger partial charge in [-0.15, -0.1) is 0 Å². The predicted octanol–water partition coefficient (Wildman–Crippen LogP) is 4.43. The average molecular weight is 521 g/mol. The molecule has 8 nitrogen and oxygen atoms in total. The molecule has 5 rings (SSSR count). The Morgan fingerprint density at radius 2 is 1.71 bits per heavy atom. The first kappa shape index (κ1) is 25.6. The zero-order chi connectivity index (χ0) is 26.5. The van der Waals surface area contributed by atoms with Crippen LogP contribution in [0.15, 0.2) is 48.8 Å². The first-order valence-corrected chi connectivity index (χ1v) is 12.8. The summed E-state index contributed by atoms with van der Waals surface area (Å²) in [5.41, 5.74) is 4.09. The van der Waals surface area contributed by atoms with Crippen LogP contribution in [0.25, 0.3) is 22.0 Å². The molecular weight excluding hydrogens is 490 g/mol. The Hall–Kier alpha value is -4.08. The zero-order valence-electron chi connectivity index (χ0n) is 20.9. The number of carbonyl (C=O) groups is 2. The number of alkyl halides is 2. The molecule has 0 radical (unpaired) electrons. The molecular formula is C28H30F2N6O2. The summed E-state index contributed by atoms with van der Waals surface area (Å²) in [5, 5.41) is 7.69. The number of fused-ring (bicyclic) bond motifs is 1. The molecule has 0 unspecified atom stereocenters. The number of carbonyl (C=O) groups excluding carboxylic acids is 2. The van der Waals surface area contributed by atoms with Gasteiger partial charge >= 0.3 is 0 Å². The van der Waals surface area contributed by atoms with Crippen LogP contribution in [-0.2, 0) is 35.5 Å². The van der Waals surface area contributed by atoms with E-state index in [0.717, 1.165) is 40.6 Å². The maximum Gasteiger partial charge on any atom is 0.248 e. The Morgan fingerprint density at radius 1 is 0.974 bits per heavy atom. The van der Waals surface area contributed by atoms with Crippen molar-refractivity contribution in [2.45, 2.75) is 57.5 Å². The smallest absolute Gasteiger partial charge is 0.248 e. The molecule has 1 aliphatic carbocycles. The summed E-state index contributed by atoms with van der Waals surface area (Å²) >= 11 is 0. The number of amides is 2. The lowest BCUT2D eigenvalue weighted by atomic mass is 9.86. The number of nitrogens with one attached hydrogen (secondary N) is 4. The van der Waals surface area contributed by atoms with Crippen molar-refractivity contribution < 1.29 is 18.4 Å². The van der Waals surface area contributed by atoms with E-state index in [0.29, 0.717) is 24.6 Å². The van der Waals surface area contributed by atoms with Gasteiger partial charge in [-0.25, -0.2) is 18.7 Å². The second-order valence-corrected chi connectivity index (χ2v) is 9.84.